The molecule has 0 fully saturated rings. The minimum absolute atomic E-state index is 0.287. The van der Waals surface area contributed by atoms with Crippen LogP contribution in [0.25, 0.3) is 0 Å². The summed E-state index contributed by atoms with van der Waals surface area (Å²) in [5.41, 5.74) is 6.30. The molecule has 0 spiro atoms. The summed E-state index contributed by atoms with van der Waals surface area (Å²) in [5.74, 6) is 1.33. The van der Waals surface area contributed by atoms with Crippen LogP contribution in [0.4, 0.5) is 0 Å². The van der Waals surface area contributed by atoms with Gasteiger partial charge < -0.3 is 9.47 Å². The molecule has 1 N–H and O–H groups in total. The molecule has 0 radical (unpaired) electrons. The van der Waals surface area contributed by atoms with Crippen LogP contribution in [0.15, 0.2) is 72.1 Å². The largest absolute Gasteiger partial charge is 0.493 e. The first-order chi connectivity index (χ1) is 14.6. The van der Waals surface area contributed by atoms with Crippen LogP contribution in [-0.2, 0) is 0 Å². The number of carbonyl (C=O) groups excluding carboxylic acids is 1. The standard InChI is InChI=1S/C24H25N3O3/c1-18-7-8-23(15-19(18)2)30-14-4-13-29-22-6-3-5-20(16-22)17-26-27-24(28)21-9-11-25-12-10-21/h3,5-12,15-17H,4,13-14H2,1-2H3,(H,27,28)/b26-17-. The summed E-state index contributed by atoms with van der Waals surface area (Å²) in [7, 11) is 0. The van der Waals surface area contributed by atoms with E-state index in [1.807, 2.05) is 36.4 Å². The van der Waals surface area contributed by atoms with E-state index in [-0.39, 0.29) is 5.91 Å². The van der Waals surface area contributed by atoms with E-state index in [9.17, 15) is 4.79 Å². The first-order valence-electron chi connectivity index (χ1n) is 9.78. The quantitative estimate of drug-likeness (QED) is 0.328. The van der Waals surface area contributed by atoms with Crippen molar-refractivity contribution in [3.8, 4) is 11.5 Å². The number of carbonyl (C=O) groups is 1. The van der Waals surface area contributed by atoms with Crippen LogP contribution in [0.3, 0.4) is 0 Å². The number of amides is 1. The van der Waals surface area contributed by atoms with Gasteiger partial charge in [0.2, 0.25) is 0 Å². The molecule has 154 valence electrons. The number of pyridine rings is 1. The number of aryl methyl sites for hydroxylation is 2. The molecule has 0 aliphatic carbocycles. The lowest BCUT2D eigenvalue weighted by Crippen LogP contribution is -2.17. The molecule has 0 aliphatic heterocycles. The fourth-order valence-corrected chi connectivity index (χ4v) is 2.66. The summed E-state index contributed by atoms with van der Waals surface area (Å²) in [6.45, 7) is 5.29. The van der Waals surface area contributed by atoms with Gasteiger partial charge in [-0.25, -0.2) is 5.43 Å². The SMILES string of the molecule is Cc1ccc(OCCCOc2cccc(/C=N\NC(=O)c3ccncc3)c2)cc1C. The first kappa shape index (κ1) is 21.0. The van der Waals surface area contributed by atoms with Crippen LogP contribution in [-0.4, -0.2) is 30.3 Å². The Kier molecular flexibility index (Phi) is 7.55. The van der Waals surface area contributed by atoms with Crippen molar-refractivity contribution in [2.75, 3.05) is 13.2 Å². The van der Waals surface area contributed by atoms with Gasteiger partial charge in [0.25, 0.3) is 5.91 Å². The van der Waals surface area contributed by atoms with Crippen molar-refractivity contribution in [3.63, 3.8) is 0 Å². The zero-order valence-corrected chi connectivity index (χ0v) is 17.2. The third-order valence-electron chi connectivity index (χ3n) is 4.48. The van der Waals surface area contributed by atoms with Crippen molar-refractivity contribution in [1.82, 2.24) is 10.4 Å². The molecule has 0 atom stereocenters. The molecule has 6 heteroatoms. The number of rotatable bonds is 9. The Bertz CT molecular complexity index is 1000. The Hall–Kier alpha value is -3.67. The Morgan fingerprint density at radius 3 is 2.43 bits per heavy atom. The van der Waals surface area contributed by atoms with Gasteiger partial charge in [-0.3, -0.25) is 9.78 Å². The van der Waals surface area contributed by atoms with E-state index < -0.39 is 0 Å². The second-order valence-corrected chi connectivity index (χ2v) is 6.80. The molecule has 6 nitrogen and oxygen atoms in total. The van der Waals surface area contributed by atoms with Crippen LogP contribution in [0.2, 0.25) is 0 Å². The predicted molar refractivity (Wildman–Crippen MR) is 117 cm³/mol. The number of hydrazone groups is 1. The normalized spacial score (nSPS) is 10.7. The number of hydrogen-bond donors (Lipinski definition) is 1. The minimum atomic E-state index is -0.287. The Morgan fingerprint density at radius 1 is 0.967 bits per heavy atom. The maximum Gasteiger partial charge on any atom is 0.271 e. The number of aromatic nitrogens is 1. The molecule has 2 aromatic carbocycles. The third-order valence-corrected chi connectivity index (χ3v) is 4.48. The van der Waals surface area contributed by atoms with Crippen LogP contribution in [0, 0.1) is 13.8 Å². The van der Waals surface area contributed by atoms with Gasteiger partial charge in [-0.05, 0) is 66.9 Å². The maximum atomic E-state index is 12.0. The van der Waals surface area contributed by atoms with E-state index in [1.54, 1.807) is 30.7 Å². The highest BCUT2D eigenvalue weighted by Gasteiger charge is 2.02. The van der Waals surface area contributed by atoms with Crippen molar-refractivity contribution < 1.29 is 14.3 Å². The monoisotopic (exact) mass is 403 g/mol. The molecular weight excluding hydrogens is 378 g/mol. The molecule has 1 amide bonds. The number of nitrogens with one attached hydrogen (secondary N) is 1. The third kappa shape index (κ3) is 6.44. The summed E-state index contributed by atoms with van der Waals surface area (Å²) in [6, 6.07) is 16.9. The van der Waals surface area contributed by atoms with Crippen molar-refractivity contribution in [2.45, 2.75) is 20.3 Å². The van der Waals surface area contributed by atoms with Gasteiger partial charge in [0.05, 0.1) is 19.4 Å². The second kappa shape index (κ2) is 10.8. The maximum absolute atomic E-state index is 12.0. The van der Waals surface area contributed by atoms with Crippen molar-refractivity contribution >= 4 is 12.1 Å². The van der Waals surface area contributed by atoms with E-state index in [4.69, 9.17) is 9.47 Å². The molecule has 0 saturated heterocycles. The number of ether oxygens (including phenoxy) is 2. The van der Waals surface area contributed by atoms with Crippen LogP contribution in [0.1, 0.15) is 33.5 Å². The predicted octanol–water partition coefficient (Wildman–Crippen LogP) is 4.31. The Morgan fingerprint density at radius 2 is 1.70 bits per heavy atom. The molecule has 0 bridgehead atoms. The molecular formula is C24H25N3O3. The second-order valence-electron chi connectivity index (χ2n) is 6.80. The van der Waals surface area contributed by atoms with Gasteiger partial charge in [-0.1, -0.05) is 18.2 Å². The summed E-state index contributed by atoms with van der Waals surface area (Å²) in [4.78, 5) is 15.8. The average Bonchev–Trinajstić information content (AvgIpc) is 2.77. The fraction of sp³-hybridized carbons (Fsp3) is 0.208. The van der Waals surface area contributed by atoms with Gasteiger partial charge in [-0.2, -0.15) is 5.10 Å². The van der Waals surface area contributed by atoms with E-state index in [2.05, 4.69) is 35.4 Å². The average molecular weight is 403 g/mol. The number of nitrogens with zero attached hydrogens (tertiary/aromatic N) is 2. The number of benzene rings is 2. The number of hydrogen-bond acceptors (Lipinski definition) is 5. The van der Waals surface area contributed by atoms with Gasteiger partial charge in [0.15, 0.2) is 0 Å². The lowest BCUT2D eigenvalue weighted by Gasteiger charge is -2.09. The summed E-state index contributed by atoms with van der Waals surface area (Å²) >= 11 is 0. The van der Waals surface area contributed by atoms with Crippen LogP contribution < -0.4 is 14.9 Å². The molecule has 30 heavy (non-hydrogen) atoms. The summed E-state index contributed by atoms with van der Waals surface area (Å²) in [6.07, 6.45) is 5.47. The van der Waals surface area contributed by atoms with Crippen molar-refractivity contribution in [2.24, 2.45) is 5.10 Å². The van der Waals surface area contributed by atoms with E-state index >= 15 is 0 Å². The Labute approximate surface area is 176 Å². The molecule has 0 aliphatic rings. The first-order valence-corrected chi connectivity index (χ1v) is 9.78. The van der Waals surface area contributed by atoms with Gasteiger partial charge in [-0.15, -0.1) is 0 Å². The summed E-state index contributed by atoms with van der Waals surface area (Å²) < 4.78 is 11.6. The lowest BCUT2D eigenvalue weighted by molar-refractivity contribution is 0.0955. The highest BCUT2D eigenvalue weighted by molar-refractivity contribution is 5.94. The zero-order valence-electron chi connectivity index (χ0n) is 17.2. The van der Waals surface area contributed by atoms with Crippen molar-refractivity contribution in [1.29, 1.82) is 0 Å². The van der Waals surface area contributed by atoms with E-state index in [0.29, 0.717) is 18.8 Å². The molecule has 1 aromatic heterocycles. The topological polar surface area (TPSA) is 72.8 Å². The van der Waals surface area contributed by atoms with Gasteiger partial charge in [0, 0.05) is 24.4 Å². The van der Waals surface area contributed by atoms with Crippen LogP contribution >= 0.6 is 0 Å². The zero-order chi connectivity index (χ0) is 21.2. The molecule has 3 rings (SSSR count). The Balaban J connectivity index is 1.41. The summed E-state index contributed by atoms with van der Waals surface area (Å²) in [5, 5.41) is 4.00. The van der Waals surface area contributed by atoms with E-state index in [0.717, 1.165) is 23.5 Å². The van der Waals surface area contributed by atoms with E-state index in [1.165, 1.54) is 11.1 Å². The highest BCUT2D eigenvalue weighted by atomic mass is 16.5. The molecule has 1 heterocycles. The van der Waals surface area contributed by atoms with Gasteiger partial charge in [0.1, 0.15) is 11.5 Å². The smallest absolute Gasteiger partial charge is 0.271 e. The van der Waals surface area contributed by atoms with Crippen LogP contribution in [0.5, 0.6) is 11.5 Å². The van der Waals surface area contributed by atoms with Crippen molar-refractivity contribution in [3.05, 3.63) is 89.2 Å². The fourth-order valence-electron chi connectivity index (χ4n) is 2.66. The molecule has 0 saturated carbocycles. The molecule has 3 aromatic rings. The molecule has 0 unspecified atom stereocenters. The minimum Gasteiger partial charge on any atom is -0.493 e. The highest BCUT2D eigenvalue weighted by Crippen LogP contribution is 2.17. The van der Waals surface area contributed by atoms with Gasteiger partial charge >= 0.3 is 0 Å². The lowest BCUT2D eigenvalue weighted by atomic mass is 10.1.